The molecule has 0 aliphatic carbocycles. The lowest BCUT2D eigenvalue weighted by Gasteiger charge is -2.10. The molecule has 92 valence electrons. The first-order valence-electron chi connectivity index (χ1n) is 4.66. The fourth-order valence-corrected chi connectivity index (χ4v) is 1.14. The molecular weight excluding hydrogens is 243 g/mol. The molecule has 0 saturated carbocycles. The van der Waals surface area contributed by atoms with Crippen molar-refractivity contribution in [3.63, 3.8) is 0 Å². The average molecular weight is 256 g/mol. The quantitative estimate of drug-likeness (QED) is 0.338. The first kappa shape index (κ1) is 15.2. The number of hydrogen-bond acceptors (Lipinski definition) is 1. The summed E-state index contributed by atoms with van der Waals surface area (Å²) >= 11 is 0. The topological polar surface area (TPSA) is 9.23 Å². The normalized spacial score (nSPS) is 9.50. The van der Waals surface area contributed by atoms with Gasteiger partial charge in [-0.3, -0.25) is 0 Å². The van der Waals surface area contributed by atoms with Gasteiger partial charge in [0, 0.05) is 5.56 Å². The minimum absolute atomic E-state index is 0.0394. The van der Waals surface area contributed by atoms with E-state index >= 15 is 0 Å². The third-order valence-corrected chi connectivity index (χ3v) is 1.84. The molecule has 1 unspecified atom stereocenters. The van der Waals surface area contributed by atoms with Crippen molar-refractivity contribution in [2.24, 2.45) is 0 Å². The van der Waals surface area contributed by atoms with Crippen molar-refractivity contribution < 1.29 is 22.3 Å². The van der Waals surface area contributed by atoms with E-state index in [9.17, 15) is 17.6 Å². The van der Waals surface area contributed by atoms with Crippen LogP contribution < -0.4 is 4.74 Å². The average Bonchev–Trinajstić information content (AvgIpc) is 2.32. The number of hydrogen-bond donors (Lipinski definition) is 0. The Bertz CT molecular complexity index is 339. The van der Waals surface area contributed by atoms with Crippen LogP contribution in [0.4, 0.5) is 17.6 Å². The van der Waals surface area contributed by atoms with Crippen molar-refractivity contribution in [3.8, 4) is 5.75 Å². The largest absolute Gasteiger partial charge is 0.486 e. The summed E-state index contributed by atoms with van der Waals surface area (Å²) in [5, 5.41) is 0. The first-order chi connectivity index (χ1) is 7.50. The molecule has 1 atom stereocenters. The van der Waals surface area contributed by atoms with E-state index in [4.69, 9.17) is 0 Å². The first-order valence-corrected chi connectivity index (χ1v) is 5.47. The molecule has 0 spiro atoms. The zero-order valence-electron chi connectivity index (χ0n) is 9.20. The SMILES string of the molecule is CC.Cc1c(F)c(F)c(F)c(F)c1OCP. The summed E-state index contributed by atoms with van der Waals surface area (Å²) in [6.45, 7) is 5.11. The van der Waals surface area contributed by atoms with Gasteiger partial charge in [-0.1, -0.05) is 23.1 Å². The predicted octanol–water partition coefficient (Wildman–Crippen LogP) is 3.79. The van der Waals surface area contributed by atoms with Gasteiger partial charge >= 0.3 is 0 Å². The molecule has 0 heterocycles. The van der Waals surface area contributed by atoms with Crippen molar-refractivity contribution in [2.75, 3.05) is 6.35 Å². The van der Waals surface area contributed by atoms with Gasteiger partial charge in [-0.05, 0) is 6.92 Å². The maximum absolute atomic E-state index is 13.0. The molecule has 0 amide bonds. The second-order valence-corrected chi connectivity index (χ2v) is 2.85. The Labute approximate surface area is 94.0 Å². The smallest absolute Gasteiger partial charge is 0.204 e. The minimum Gasteiger partial charge on any atom is -0.486 e. The van der Waals surface area contributed by atoms with Gasteiger partial charge in [0.2, 0.25) is 11.6 Å². The summed E-state index contributed by atoms with van der Waals surface area (Å²) in [7, 11) is 2.09. The van der Waals surface area contributed by atoms with Crippen LogP contribution in [0.2, 0.25) is 0 Å². The number of halogens is 4. The highest BCUT2D eigenvalue weighted by molar-refractivity contribution is 7.16. The van der Waals surface area contributed by atoms with Gasteiger partial charge in [-0.15, -0.1) is 0 Å². The van der Waals surface area contributed by atoms with Gasteiger partial charge in [0.05, 0.1) is 0 Å². The van der Waals surface area contributed by atoms with Crippen molar-refractivity contribution in [1.82, 2.24) is 0 Å². The van der Waals surface area contributed by atoms with E-state index in [1.54, 1.807) is 0 Å². The van der Waals surface area contributed by atoms with Crippen molar-refractivity contribution in [1.29, 1.82) is 0 Å². The molecule has 0 saturated heterocycles. The molecule has 1 aromatic rings. The number of ether oxygens (including phenoxy) is 1. The number of benzene rings is 1. The van der Waals surface area contributed by atoms with E-state index in [0.717, 1.165) is 6.92 Å². The Morgan fingerprint density at radius 3 is 1.81 bits per heavy atom. The minimum atomic E-state index is -1.86. The number of rotatable bonds is 2. The Morgan fingerprint density at radius 2 is 1.38 bits per heavy atom. The predicted molar refractivity (Wildman–Crippen MR) is 57.6 cm³/mol. The summed E-state index contributed by atoms with van der Waals surface area (Å²) in [6, 6.07) is 0. The molecule has 1 nitrogen and oxygen atoms in total. The molecule has 1 aromatic carbocycles. The van der Waals surface area contributed by atoms with Crippen LogP contribution in [0.25, 0.3) is 0 Å². The Morgan fingerprint density at radius 1 is 0.938 bits per heavy atom. The fraction of sp³-hybridized carbons (Fsp3) is 0.400. The molecule has 0 fully saturated rings. The van der Waals surface area contributed by atoms with E-state index in [2.05, 4.69) is 14.0 Å². The highest BCUT2D eigenvalue weighted by Gasteiger charge is 2.23. The molecule has 0 radical (unpaired) electrons. The van der Waals surface area contributed by atoms with E-state index in [0.29, 0.717) is 0 Å². The molecular formula is C10H13F4OP. The summed E-state index contributed by atoms with van der Waals surface area (Å²) < 4.78 is 55.8. The lowest BCUT2D eigenvalue weighted by Crippen LogP contribution is -2.04. The van der Waals surface area contributed by atoms with E-state index < -0.39 is 29.0 Å². The molecule has 16 heavy (non-hydrogen) atoms. The molecule has 0 aromatic heterocycles. The van der Waals surface area contributed by atoms with Gasteiger partial charge < -0.3 is 4.74 Å². The maximum Gasteiger partial charge on any atom is 0.204 e. The molecule has 0 aliphatic heterocycles. The lowest BCUT2D eigenvalue weighted by molar-refractivity contribution is 0.330. The summed E-state index contributed by atoms with van der Waals surface area (Å²) in [5.41, 5.74) is -0.385. The Balaban J connectivity index is 0.00000106. The lowest BCUT2D eigenvalue weighted by atomic mass is 10.2. The van der Waals surface area contributed by atoms with Gasteiger partial charge in [0.1, 0.15) is 6.35 Å². The van der Waals surface area contributed by atoms with Crippen molar-refractivity contribution in [3.05, 3.63) is 28.8 Å². The Hall–Kier alpha value is -0.830. The van der Waals surface area contributed by atoms with Crippen molar-refractivity contribution in [2.45, 2.75) is 20.8 Å². The van der Waals surface area contributed by atoms with Crippen LogP contribution >= 0.6 is 9.24 Å². The summed E-state index contributed by atoms with van der Waals surface area (Å²) in [4.78, 5) is 0. The van der Waals surface area contributed by atoms with Crippen LogP contribution in [0.15, 0.2) is 0 Å². The second-order valence-electron chi connectivity index (χ2n) is 2.52. The molecule has 6 heteroatoms. The van der Waals surface area contributed by atoms with Gasteiger partial charge in [-0.2, -0.15) is 4.39 Å². The van der Waals surface area contributed by atoms with E-state index in [1.807, 2.05) is 13.8 Å². The van der Waals surface area contributed by atoms with Gasteiger partial charge in [-0.25, -0.2) is 13.2 Å². The maximum atomic E-state index is 13.0. The van der Waals surface area contributed by atoms with Crippen LogP contribution in [0.3, 0.4) is 0 Å². The fourth-order valence-electron chi connectivity index (χ4n) is 0.976. The third kappa shape index (κ3) is 2.85. The van der Waals surface area contributed by atoms with Crippen LogP contribution in [-0.2, 0) is 0 Å². The summed E-state index contributed by atoms with van der Waals surface area (Å²) in [6.07, 6.45) is -0.0394. The van der Waals surface area contributed by atoms with E-state index in [-0.39, 0.29) is 11.9 Å². The van der Waals surface area contributed by atoms with Gasteiger partial charge in [0.25, 0.3) is 0 Å². The monoisotopic (exact) mass is 256 g/mol. The van der Waals surface area contributed by atoms with Crippen LogP contribution in [0.1, 0.15) is 19.4 Å². The zero-order valence-corrected chi connectivity index (χ0v) is 10.4. The molecule has 0 aliphatic rings. The Kier molecular flexibility index (Phi) is 6.34. The highest BCUT2D eigenvalue weighted by atomic mass is 31.0. The van der Waals surface area contributed by atoms with Crippen LogP contribution in [-0.4, -0.2) is 6.35 Å². The zero-order chi connectivity index (χ0) is 12.9. The van der Waals surface area contributed by atoms with E-state index in [1.165, 1.54) is 0 Å². The van der Waals surface area contributed by atoms with Crippen LogP contribution in [0.5, 0.6) is 5.75 Å². The molecule has 1 rings (SSSR count). The second kappa shape index (κ2) is 6.69. The molecule has 0 bridgehead atoms. The molecule has 0 N–H and O–H groups in total. The van der Waals surface area contributed by atoms with Crippen molar-refractivity contribution >= 4 is 9.24 Å². The third-order valence-electron chi connectivity index (χ3n) is 1.67. The van der Waals surface area contributed by atoms with Crippen LogP contribution in [0, 0.1) is 30.2 Å². The summed E-state index contributed by atoms with van der Waals surface area (Å²) in [5.74, 6) is -7.23. The van der Waals surface area contributed by atoms with Gasteiger partial charge in [0.15, 0.2) is 17.4 Å². The highest BCUT2D eigenvalue weighted by Crippen LogP contribution is 2.29. The standard InChI is InChI=1S/C8H7F4OP.C2H6/c1-3-4(9)5(10)6(11)7(12)8(3)13-2-14;1-2/h2,14H2,1H3;1-2H3.